The summed E-state index contributed by atoms with van der Waals surface area (Å²) in [7, 11) is -3.45. The summed E-state index contributed by atoms with van der Waals surface area (Å²) in [5.74, 6) is 0. The summed E-state index contributed by atoms with van der Waals surface area (Å²) in [6.07, 6.45) is 2.00. The van der Waals surface area contributed by atoms with Crippen LogP contribution in [0.2, 0.25) is 0 Å². The molecule has 1 aromatic rings. The maximum atomic E-state index is 12.2. The summed E-state index contributed by atoms with van der Waals surface area (Å²) in [5, 5.41) is 8.85. The molecule has 108 valence electrons. The molecule has 1 saturated heterocycles. The van der Waals surface area contributed by atoms with Gasteiger partial charge in [0, 0.05) is 30.6 Å². The predicted molar refractivity (Wildman–Crippen MR) is 73.9 cm³/mol. The van der Waals surface area contributed by atoms with Gasteiger partial charge in [-0.3, -0.25) is 0 Å². The van der Waals surface area contributed by atoms with E-state index in [4.69, 9.17) is 9.84 Å². The fourth-order valence-corrected chi connectivity index (χ4v) is 4.77. The molecule has 0 aliphatic carbocycles. The zero-order valence-corrected chi connectivity index (χ0v) is 12.5. The molecular weight excluding hydrogens is 286 g/mol. The lowest BCUT2D eigenvalue weighted by Gasteiger charge is -2.27. The van der Waals surface area contributed by atoms with Crippen molar-refractivity contribution in [1.82, 2.24) is 4.72 Å². The molecule has 2 heterocycles. The first-order valence-corrected chi connectivity index (χ1v) is 8.65. The molecule has 7 heteroatoms. The van der Waals surface area contributed by atoms with Crippen LogP contribution in [-0.4, -0.2) is 38.9 Å². The van der Waals surface area contributed by atoms with Crippen molar-refractivity contribution in [3.05, 3.63) is 17.0 Å². The smallest absolute Gasteiger partial charge is 0.250 e. The molecule has 2 unspecified atom stereocenters. The Labute approximate surface area is 117 Å². The van der Waals surface area contributed by atoms with E-state index in [2.05, 4.69) is 4.72 Å². The quantitative estimate of drug-likeness (QED) is 0.855. The van der Waals surface area contributed by atoms with Crippen LogP contribution in [0.25, 0.3) is 0 Å². The maximum absolute atomic E-state index is 12.2. The van der Waals surface area contributed by atoms with E-state index in [9.17, 15) is 8.42 Å². The Kier molecular flexibility index (Phi) is 4.97. The molecule has 1 aromatic heterocycles. The van der Waals surface area contributed by atoms with Gasteiger partial charge in [0.1, 0.15) is 4.21 Å². The topological polar surface area (TPSA) is 75.6 Å². The third-order valence-electron chi connectivity index (χ3n) is 3.07. The second-order valence-corrected chi connectivity index (χ2v) is 7.83. The molecule has 5 nitrogen and oxygen atoms in total. The Hall–Kier alpha value is -0.470. The molecule has 19 heavy (non-hydrogen) atoms. The van der Waals surface area contributed by atoms with Gasteiger partial charge in [-0.05, 0) is 31.9 Å². The van der Waals surface area contributed by atoms with E-state index in [0.717, 1.165) is 4.88 Å². The highest BCUT2D eigenvalue weighted by molar-refractivity contribution is 7.91. The standard InChI is InChI=1S/C12H19NO4S2/c1-9-8-10(5-7-17-9)13-19(15,16)12-3-2-11(18-12)4-6-14/h2-3,9-10,13-14H,4-8H2,1H3. The number of ether oxygens (including phenoxy) is 1. The second-order valence-electron chi connectivity index (χ2n) is 4.72. The van der Waals surface area contributed by atoms with Gasteiger partial charge in [0.25, 0.3) is 0 Å². The first-order chi connectivity index (χ1) is 9.01. The van der Waals surface area contributed by atoms with E-state index in [0.29, 0.717) is 30.1 Å². The van der Waals surface area contributed by atoms with Gasteiger partial charge in [-0.1, -0.05) is 0 Å². The van der Waals surface area contributed by atoms with Crippen LogP contribution in [0.4, 0.5) is 0 Å². The lowest BCUT2D eigenvalue weighted by Crippen LogP contribution is -2.40. The van der Waals surface area contributed by atoms with Crippen LogP contribution in [-0.2, 0) is 21.2 Å². The SMILES string of the molecule is CC1CC(NS(=O)(=O)c2ccc(CCO)s2)CCO1. The minimum Gasteiger partial charge on any atom is -0.396 e. The molecule has 1 fully saturated rings. The molecule has 0 spiro atoms. The lowest BCUT2D eigenvalue weighted by molar-refractivity contribution is 0.0173. The summed E-state index contributed by atoms with van der Waals surface area (Å²) < 4.78 is 32.9. The van der Waals surface area contributed by atoms with Gasteiger partial charge in [0.2, 0.25) is 10.0 Å². The molecule has 2 N–H and O–H groups in total. The van der Waals surface area contributed by atoms with Crippen molar-refractivity contribution < 1.29 is 18.3 Å². The first kappa shape index (κ1) is 14.9. The zero-order chi connectivity index (χ0) is 13.9. The third-order valence-corrected chi connectivity index (χ3v) is 6.22. The normalized spacial score (nSPS) is 24.5. The van der Waals surface area contributed by atoms with Crippen molar-refractivity contribution in [2.24, 2.45) is 0 Å². The monoisotopic (exact) mass is 305 g/mol. The fourth-order valence-electron chi connectivity index (χ4n) is 2.13. The summed E-state index contributed by atoms with van der Waals surface area (Å²) in [6, 6.07) is 3.29. The summed E-state index contributed by atoms with van der Waals surface area (Å²) in [4.78, 5) is 0.878. The Morgan fingerprint density at radius 1 is 1.53 bits per heavy atom. The Balaban J connectivity index is 2.04. The molecule has 0 aromatic carbocycles. The van der Waals surface area contributed by atoms with Crippen LogP contribution in [0.5, 0.6) is 0 Å². The largest absolute Gasteiger partial charge is 0.396 e. The number of thiophene rings is 1. The van der Waals surface area contributed by atoms with Crippen LogP contribution < -0.4 is 4.72 Å². The molecule has 0 amide bonds. The van der Waals surface area contributed by atoms with E-state index < -0.39 is 10.0 Å². The average molecular weight is 305 g/mol. The molecule has 2 atom stereocenters. The minimum absolute atomic E-state index is 0.0326. The van der Waals surface area contributed by atoms with Crippen molar-refractivity contribution >= 4 is 21.4 Å². The fraction of sp³-hybridized carbons (Fsp3) is 0.667. The van der Waals surface area contributed by atoms with Crippen LogP contribution in [0, 0.1) is 0 Å². The van der Waals surface area contributed by atoms with Crippen molar-refractivity contribution in [3.8, 4) is 0 Å². The molecule has 1 aliphatic heterocycles. The van der Waals surface area contributed by atoms with Crippen LogP contribution in [0.1, 0.15) is 24.6 Å². The Morgan fingerprint density at radius 3 is 3.00 bits per heavy atom. The highest BCUT2D eigenvalue weighted by Gasteiger charge is 2.25. The molecule has 1 aliphatic rings. The Morgan fingerprint density at radius 2 is 2.32 bits per heavy atom. The number of hydrogen-bond acceptors (Lipinski definition) is 5. The number of sulfonamides is 1. The van der Waals surface area contributed by atoms with Gasteiger partial charge < -0.3 is 9.84 Å². The Bertz CT molecular complexity index is 512. The van der Waals surface area contributed by atoms with E-state index >= 15 is 0 Å². The van der Waals surface area contributed by atoms with Crippen LogP contribution >= 0.6 is 11.3 Å². The van der Waals surface area contributed by atoms with Gasteiger partial charge in [-0.25, -0.2) is 13.1 Å². The maximum Gasteiger partial charge on any atom is 0.250 e. The van der Waals surface area contributed by atoms with E-state index in [1.54, 1.807) is 12.1 Å². The summed E-state index contributed by atoms with van der Waals surface area (Å²) in [6.45, 7) is 2.57. The van der Waals surface area contributed by atoms with Gasteiger partial charge in [0.15, 0.2) is 0 Å². The van der Waals surface area contributed by atoms with Crippen molar-refractivity contribution in [2.45, 2.75) is 42.5 Å². The predicted octanol–water partition coefficient (Wildman–Crippen LogP) is 1.13. The van der Waals surface area contributed by atoms with Gasteiger partial charge in [-0.15, -0.1) is 11.3 Å². The van der Waals surface area contributed by atoms with Gasteiger partial charge in [0.05, 0.1) is 6.10 Å². The van der Waals surface area contributed by atoms with Gasteiger partial charge in [-0.2, -0.15) is 0 Å². The van der Waals surface area contributed by atoms with Gasteiger partial charge >= 0.3 is 0 Å². The number of rotatable bonds is 5. The van der Waals surface area contributed by atoms with Crippen molar-refractivity contribution in [3.63, 3.8) is 0 Å². The van der Waals surface area contributed by atoms with Crippen LogP contribution in [0.15, 0.2) is 16.3 Å². The summed E-state index contributed by atoms with van der Waals surface area (Å²) >= 11 is 1.21. The zero-order valence-electron chi connectivity index (χ0n) is 10.8. The first-order valence-electron chi connectivity index (χ1n) is 6.35. The number of aliphatic hydroxyl groups is 1. The molecule has 2 rings (SSSR count). The lowest BCUT2D eigenvalue weighted by atomic mass is 10.1. The second kappa shape index (κ2) is 6.32. The van der Waals surface area contributed by atoms with E-state index in [-0.39, 0.29) is 18.8 Å². The molecular formula is C12H19NO4S2. The third kappa shape index (κ3) is 4.00. The van der Waals surface area contributed by atoms with Crippen molar-refractivity contribution in [2.75, 3.05) is 13.2 Å². The number of hydrogen-bond donors (Lipinski definition) is 2. The minimum atomic E-state index is -3.45. The summed E-state index contributed by atoms with van der Waals surface area (Å²) in [5.41, 5.74) is 0. The van der Waals surface area contributed by atoms with Crippen LogP contribution in [0.3, 0.4) is 0 Å². The number of aliphatic hydroxyl groups excluding tert-OH is 1. The highest BCUT2D eigenvalue weighted by Crippen LogP contribution is 2.23. The van der Waals surface area contributed by atoms with E-state index in [1.807, 2.05) is 6.92 Å². The molecule has 0 bridgehead atoms. The van der Waals surface area contributed by atoms with E-state index in [1.165, 1.54) is 11.3 Å². The molecule has 0 radical (unpaired) electrons. The molecule has 0 saturated carbocycles. The average Bonchev–Trinajstić information content (AvgIpc) is 2.78. The highest BCUT2D eigenvalue weighted by atomic mass is 32.2. The van der Waals surface area contributed by atoms with Crippen molar-refractivity contribution in [1.29, 1.82) is 0 Å². The number of nitrogens with one attached hydrogen (secondary N) is 1.